The summed E-state index contributed by atoms with van der Waals surface area (Å²) in [7, 11) is 0. The first-order valence-electron chi connectivity index (χ1n) is 5.38. The van der Waals surface area contributed by atoms with E-state index in [1.807, 2.05) is 0 Å². The van der Waals surface area contributed by atoms with Gasteiger partial charge in [-0.2, -0.15) is 0 Å². The molecule has 0 saturated heterocycles. The van der Waals surface area contributed by atoms with Gasteiger partial charge in [0.15, 0.2) is 0 Å². The van der Waals surface area contributed by atoms with E-state index in [0.717, 1.165) is 17.0 Å². The lowest BCUT2D eigenvalue weighted by Gasteiger charge is -2.29. The zero-order valence-corrected chi connectivity index (χ0v) is 11.3. The minimum absolute atomic E-state index is 0.00961. The summed E-state index contributed by atoms with van der Waals surface area (Å²) in [6, 6.07) is 0. The Kier molecular flexibility index (Phi) is 4.11. The third-order valence-electron chi connectivity index (χ3n) is 2.78. The lowest BCUT2D eigenvalue weighted by Crippen LogP contribution is -2.52. The average Bonchev–Trinajstić information content (AvgIpc) is 2.48. The summed E-state index contributed by atoms with van der Waals surface area (Å²) in [5.74, 6) is -0.278. The number of carbonyl (C=O) groups is 1. The van der Waals surface area contributed by atoms with Crippen LogP contribution in [0.2, 0.25) is 0 Å². The van der Waals surface area contributed by atoms with Crippen LogP contribution in [0.4, 0.5) is 0 Å². The van der Waals surface area contributed by atoms with Gasteiger partial charge in [0.1, 0.15) is 6.54 Å². The molecule has 0 aliphatic carbocycles. The summed E-state index contributed by atoms with van der Waals surface area (Å²) in [5, 5.41) is 13.9. The molecule has 1 amide bonds. The van der Waals surface area contributed by atoms with Gasteiger partial charge in [-0.05, 0) is 27.7 Å². The summed E-state index contributed by atoms with van der Waals surface area (Å²) >= 11 is 1.08. The number of thiazole rings is 1. The van der Waals surface area contributed by atoms with Crippen LogP contribution in [0.5, 0.6) is 0 Å². The molecular formula is C11H18N2O3S. The van der Waals surface area contributed by atoms with E-state index < -0.39 is 11.6 Å². The van der Waals surface area contributed by atoms with E-state index in [-0.39, 0.29) is 17.3 Å². The van der Waals surface area contributed by atoms with Crippen molar-refractivity contribution in [3.05, 3.63) is 20.7 Å². The number of aliphatic hydroxyl groups is 1. The number of nitrogens with one attached hydrogen (secondary N) is 1. The summed E-state index contributed by atoms with van der Waals surface area (Å²) in [4.78, 5) is 23.0. The van der Waals surface area contributed by atoms with Crippen molar-refractivity contribution < 1.29 is 9.90 Å². The van der Waals surface area contributed by atoms with Gasteiger partial charge in [-0.15, -0.1) is 0 Å². The maximum atomic E-state index is 11.8. The number of hydrogen-bond acceptors (Lipinski definition) is 4. The van der Waals surface area contributed by atoms with Gasteiger partial charge >= 0.3 is 4.87 Å². The van der Waals surface area contributed by atoms with Crippen molar-refractivity contribution in [2.75, 3.05) is 0 Å². The highest BCUT2D eigenvalue weighted by molar-refractivity contribution is 7.07. The summed E-state index contributed by atoms with van der Waals surface area (Å²) in [6.45, 7) is 6.86. The number of aliphatic hydroxyl groups excluding tert-OH is 1. The molecule has 0 bridgehead atoms. The molecule has 1 atom stereocenters. The highest BCUT2D eigenvalue weighted by atomic mass is 32.1. The average molecular weight is 258 g/mol. The second kappa shape index (κ2) is 5.01. The van der Waals surface area contributed by atoms with E-state index in [4.69, 9.17) is 0 Å². The molecule has 6 heteroatoms. The van der Waals surface area contributed by atoms with E-state index in [1.165, 1.54) is 4.57 Å². The Balaban J connectivity index is 2.72. The van der Waals surface area contributed by atoms with Crippen LogP contribution in [-0.4, -0.2) is 27.2 Å². The van der Waals surface area contributed by atoms with Crippen LogP contribution in [-0.2, 0) is 11.3 Å². The van der Waals surface area contributed by atoms with Crippen molar-refractivity contribution >= 4 is 17.2 Å². The Labute approximate surface area is 104 Å². The SMILES string of the molecule is Cc1csc(=O)n1CC(=O)NC(C)(C)C(C)O. The third kappa shape index (κ3) is 3.41. The molecule has 0 aromatic carbocycles. The second-order valence-electron chi connectivity index (χ2n) is 4.67. The van der Waals surface area contributed by atoms with Crippen LogP contribution in [0, 0.1) is 6.92 Å². The normalized spacial score (nSPS) is 13.5. The summed E-state index contributed by atoms with van der Waals surface area (Å²) < 4.78 is 1.41. The number of aromatic nitrogens is 1. The van der Waals surface area contributed by atoms with E-state index in [9.17, 15) is 14.7 Å². The van der Waals surface area contributed by atoms with E-state index >= 15 is 0 Å². The molecule has 0 aliphatic rings. The lowest BCUT2D eigenvalue weighted by atomic mass is 9.99. The lowest BCUT2D eigenvalue weighted by molar-refractivity contribution is -0.124. The Morgan fingerprint density at radius 3 is 2.65 bits per heavy atom. The Hall–Kier alpha value is -1.14. The van der Waals surface area contributed by atoms with E-state index in [0.29, 0.717) is 0 Å². The Morgan fingerprint density at radius 1 is 1.65 bits per heavy atom. The molecule has 96 valence electrons. The summed E-state index contributed by atoms with van der Waals surface area (Å²) in [6.07, 6.45) is -0.660. The third-order valence-corrected chi connectivity index (χ3v) is 3.67. The molecular weight excluding hydrogens is 240 g/mol. The number of nitrogens with zero attached hydrogens (tertiary/aromatic N) is 1. The second-order valence-corrected chi connectivity index (χ2v) is 5.50. The molecule has 1 aromatic heterocycles. The first kappa shape index (κ1) is 13.9. The first-order chi connectivity index (χ1) is 7.74. The van der Waals surface area contributed by atoms with Crippen molar-refractivity contribution in [1.82, 2.24) is 9.88 Å². The molecule has 5 nitrogen and oxygen atoms in total. The quantitative estimate of drug-likeness (QED) is 0.826. The van der Waals surface area contributed by atoms with Crippen LogP contribution in [0.25, 0.3) is 0 Å². The number of carbonyl (C=O) groups excluding carboxylic acids is 1. The summed E-state index contributed by atoms with van der Waals surface area (Å²) in [5.41, 5.74) is 0.0648. The molecule has 1 aromatic rings. The zero-order chi connectivity index (χ0) is 13.2. The first-order valence-corrected chi connectivity index (χ1v) is 6.26. The smallest absolute Gasteiger partial charge is 0.307 e. The highest BCUT2D eigenvalue weighted by Crippen LogP contribution is 2.08. The minimum atomic E-state index is -0.704. The molecule has 0 spiro atoms. The predicted octanol–water partition coefficient (Wildman–Crippen LogP) is 0.494. The van der Waals surface area contributed by atoms with Crippen LogP contribution >= 0.6 is 11.3 Å². The number of aryl methyl sites for hydroxylation is 1. The van der Waals surface area contributed by atoms with Crippen molar-refractivity contribution in [1.29, 1.82) is 0 Å². The van der Waals surface area contributed by atoms with Crippen molar-refractivity contribution in [3.63, 3.8) is 0 Å². The van der Waals surface area contributed by atoms with Gasteiger partial charge in [0.05, 0.1) is 11.6 Å². The molecule has 1 unspecified atom stereocenters. The predicted molar refractivity (Wildman–Crippen MR) is 67.2 cm³/mol. The monoisotopic (exact) mass is 258 g/mol. The Morgan fingerprint density at radius 2 is 2.24 bits per heavy atom. The minimum Gasteiger partial charge on any atom is -0.391 e. The fraction of sp³-hybridized carbons (Fsp3) is 0.636. The van der Waals surface area contributed by atoms with E-state index in [1.54, 1.807) is 33.1 Å². The van der Waals surface area contributed by atoms with Crippen LogP contribution in [0.3, 0.4) is 0 Å². The molecule has 1 rings (SSSR count). The maximum absolute atomic E-state index is 11.8. The number of hydrogen-bond donors (Lipinski definition) is 2. The van der Waals surface area contributed by atoms with Crippen molar-refractivity contribution in [2.24, 2.45) is 0 Å². The molecule has 0 radical (unpaired) electrons. The zero-order valence-electron chi connectivity index (χ0n) is 10.5. The van der Waals surface area contributed by atoms with E-state index in [2.05, 4.69) is 5.32 Å². The molecule has 0 saturated carbocycles. The van der Waals surface area contributed by atoms with Gasteiger partial charge in [0, 0.05) is 11.1 Å². The maximum Gasteiger partial charge on any atom is 0.307 e. The van der Waals surface area contributed by atoms with Gasteiger partial charge in [0.25, 0.3) is 0 Å². The number of amides is 1. The van der Waals surface area contributed by atoms with Gasteiger partial charge < -0.3 is 10.4 Å². The number of rotatable bonds is 4. The van der Waals surface area contributed by atoms with Crippen LogP contribution in [0.15, 0.2) is 10.2 Å². The molecule has 0 aliphatic heterocycles. The van der Waals surface area contributed by atoms with Crippen molar-refractivity contribution in [3.8, 4) is 0 Å². The fourth-order valence-electron chi connectivity index (χ4n) is 1.24. The van der Waals surface area contributed by atoms with Gasteiger partial charge in [0.2, 0.25) is 5.91 Å². The standard InChI is InChI=1S/C11H18N2O3S/c1-7-6-17-10(16)13(7)5-9(15)12-11(3,4)8(2)14/h6,8,14H,5H2,1-4H3,(H,12,15). The highest BCUT2D eigenvalue weighted by Gasteiger charge is 2.26. The van der Waals surface area contributed by atoms with Gasteiger partial charge in [-0.25, -0.2) is 0 Å². The van der Waals surface area contributed by atoms with Crippen molar-refractivity contribution in [2.45, 2.75) is 45.9 Å². The van der Waals surface area contributed by atoms with Gasteiger partial charge in [-0.3, -0.25) is 14.2 Å². The molecule has 1 heterocycles. The Bertz CT molecular complexity index is 460. The molecule has 2 N–H and O–H groups in total. The van der Waals surface area contributed by atoms with Crippen LogP contribution in [0.1, 0.15) is 26.5 Å². The van der Waals surface area contributed by atoms with Crippen LogP contribution < -0.4 is 10.2 Å². The van der Waals surface area contributed by atoms with Gasteiger partial charge in [-0.1, -0.05) is 11.3 Å². The topological polar surface area (TPSA) is 71.3 Å². The largest absolute Gasteiger partial charge is 0.391 e. The molecule has 0 fully saturated rings. The fourth-order valence-corrected chi connectivity index (χ4v) is 1.98. The molecule has 17 heavy (non-hydrogen) atoms.